The first-order valence-corrected chi connectivity index (χ1v) is 7.64. The van der Waals surface area contributed by atoms with Crippen LogP contribution >= 0.6 is 23.1 Å². The molecular weight excluding hydrogens is 272 g/mol. The molecule has 0 spiro atoms. The molecule has 2 N–H and O–H groups in total. The van der Waals surface area contributed by atoms with Crippen LogP contribution in [0.25, 0.3) is 0 Å². The molecule has 100 valence electrons. The monoisotopic (exact) mass is 288 g/mol. The predicted molar refractivity (Wildman–Crippen MR) is 75.1 cm³/mol. The number of hydrogen-bond donors (Lipinski definition) is 2. The Hall–Kier alpha value is -1.08. The molecule has 0 saturated heterocycles. The molecule has 1 heterocycles. The average molecular weight is 288 g/mol. The molecule has 1 unspecified atom stereocenters. The van der Waals surface area contributed by atoms with Gasteiger partial charge < -0.3 is 10.4 Å². The first kappa shape index (κ1) is 15.0. The van der Waals surface area contributed by atoms with Crippen LogP contribution in [0.5, 0.6) is 0 Å². The molecule has 1 rings (SSSR count). The van der Waals surface area contributed by atoms with E-state index in [0.29, 0.717) is 17.6 Å². The smallest absolute Gasteiger partial charge is 0.356 e. The number of anilines is 1. The maximum Gasteiger partial charge on any atom is 0.356 e. The highest BCUT2D eigenvalue weighted by molar-refractivity contribution is 7.98. The fraction of sp³-hybridized carbons (Fsp3) is 0.545. The molecule has 0 aliphatic heterocycles. The number of thiazole rings is 1. The Kier molecular flexibility index (Phi) is 5.61. The summed E-state index contributed by atoms with van der Waals surface area (Å²) in [6.07, 6.45) is 2.04. The van der Waals surface area contributed by atoms with Gasteiger partial charge in [0.25, 0.3) is 0 Å². The Morgan fingerprint density at radius 1 is 1.56 bits per heavy atom. The molecule has 1 aromatic heterocycles. The zero-order chi connectivity index (χ0) is 13.7. The van der Waals surface area contributed by atoms with Crippen LogP contribution in [-0.2, 0) is 0 Å². The van der Waals surface area contributed by atoms with E-state index in [9.17, 15) is 9.59 Å². The molecule has 0 amide bonds. The van der Waals surface area contributed by atoms with Gasteiger partial charge in [0, 0.05) is 13.5 Å². The summed E-state index contributed by atoms with van der Waals surface area (Å²) in [5, 5.41) is 12.5. The molecule has 0 saturated carbocycles. The summed E-state index contributed by atoms with van der Waals surface area (Å²) in [4.78, 5) is 26.4. The van der Waals surface area contributed by atoms with Crippen molar-refractivity contribution in [3.8, 4) is 0 Å². The molecule has 18 heavy (non-hydrogen) atoms. The molecule has 0 aliphatic carbocycles. The lowest BCUT2D eigenvalue weighted by atomic mass is 10.2. The molecular formula is C11H16N2O3S2. The van der Waals surface area contributed by atoms with Crippen LogP contribution in [-0.4, -0.2) is 40.4 Å². The summed E-state index contributed by atoms with van der Waals surface area (Å²) in [7, 11) is 0. The Morgan fingerprint density at radius 2 is 2.22 bits per heavy atom. The van der Waals surface area contributed by atoms with Crippen LogP contribution in [0.15, 0.2) is 0 Å². The van der Waals surface area contributed by atoms with Crippen LogP contribution in [0.2, 0.25) is 0 Å². The van der Waals surface area contributed by atoms with E-state index in [0.717, 1.165) is 17.1 Å². The van der Waals surface area contributed by atoms with Gasteiger partial charge in [0.05, 0.1) is 0 Å². The lowest BCUT2D eigenvalue weighted by Gasteiger charge is -2.09. The fourth-order valence-electron chi connectivity index (χ4n) is 1.38. The largest absolute Gasteiger partial charge is 0.476 e. The summed E-state index contributed by atoms with van der Waals surface area (Å²) >= 11 is 2.85. The lowest BCUT2D eigenvalue weighted by molar-refractivity contribution is 0.0687. The van der Waals surface area contributed by atoms with Gasteiger partial charge in [0.1, 0.15) is 4.88 Å². The summed E-state index contributed by atoms with van der Waals surface area (Å²) in [6.45, 7) is 4.16. The maximum absolute atomic E-state index is 11.3. The Labute approximate surface area is 114 Å². The highest BCUT2D eigenvalue weighted by Crippen LogP contribution is 2.24. The zero-order valence-electron chi connectivity index (χ0n) is 10.5. The molecule has 7 heteroatoms. The molecule has 0 radical (unpaired) electrons. The van der Waals surface area contributed by atoms with Gasteiger partial charge in [-0.3, -0.25) is 4.79 Å². The molecule has 1 aromatic rings. The number of hydrogen-bond acceptors (Lipinski definition) is 6. The van der Waals surface area contributed by atoms with E-state index in [1.54, 1.807) is 11.8 Å². The minimum Gasteiger partial charge on any atom is -0.476 e. The second kappa shape index (κ2) is 6.75. The highest BCUT2D eigenvalue weighted by Gasteiger charge is 2.20. The van der Waals surface area contributed by atoms with E-state index in [4.69, 9.17) is 5.11 Å². The summed E-state index contributed by atoms with van der Waals surface area (Å²) in [5.74, 6) is 0.0405. The Morgan fingerprint density at radius 3 is 2.67 bits per heavy atom. The van der Waals surface area contributed by atoms with Crippen molar-refractivity contribution >= 4 is 40.0 Å². The lowest BCUT2D eigenvalue weighted by Crippen LogP contribution is -2.13. The molecule has 0 bridgehead atoms. The van der Waals surface area contributed by atoms with E-state index in [-0.39, 0.29) is 16.4 Å². The number of aromatic carboxylic acids is 1. The van der Waals surface area contributed by atoms with Gasteiger partial charge in [-0.25, -0.2) is 9.78 Å². The highest BCUT2D eigenvalue weighted by atomic mass is 32.2. The normalized spacial score (nSPS) is 12.2. The third-order valence-corrected chi connectivity index (χ3v) is 4.22. The van der Waals surface area contributed by atoms with E-state index in [1.807, 2.05) is 6.26 Å². The van der Waals surface area contributed by atoms with E-state index in [1.165, 1.54) is 6.92 Å². The third-order valence-electron chi connectivity index (χ3n) is 2.20. The van der Waals surface area contributed by atoms with Gasteiger partial charge in [-0.2, -0.15) is 11.8 Å². The van der Waals surface area contributed by atoms with Gasteiger partial charge >= 0.3 is 5.97 Å². The number of carbonyl (C=O) groups is 2. The minimum atomic E-state index is -1.17. The number of Topliss-reactive ketones (excluding diaryl/α,β-unsaturated/α-hetero) is 1. The number of carbonyl (C=O) groups excluding carboxylic acids is 1. The van der Waals surface area contributed by atoms with Crippen molar-refractivity contribution in [2.24, 2.45) is 5.92 Å². The number of rotatable bonds is 7. The van der Waals surface area contributed by atoms with Crippen molar-refractivity contribution in [2.45, 2.75) is 13.8 Å². The number of ketones is 1. The van der Waals surface area contributed by atoms with Crippen molar-refractivity contribution in [1.82, 2.24) is 4.98 Å². The molecule has 1 atom stereocenters. The summed E-state index contributed by atoms with van der Waals surface area (Å²) < 4.78 is 0. The van der Waals surface area contributed by atoms with Gasteiger partial charge in [0.2, 0.25) is 0 Å². The number of nitrogens with zero attached hydrogens (tertiary/aromatic N) is 1. The SMILES string of the molecule is CSCC(C)CNc1nc(C(=O)O)c(C(C)=O)s1. The first-order valence-electron chi connectivity index (χ1n) is 5.43. The fourth-order valence-corrected chi connectivity index (χ4v) is 2.93. The molecule has 5 nitrogen and oxygen atoms in total. The standard InChI is InChI=1S/C11H16N2O3S2/c1-6(5-17-3)4-12-11-13-8(10(15)16)9(18-11)7(2)14/h6H,4-5H2,1-3H3,(H,12,13)(H,15,16). The number of carboxylic acid groups (broad SMARTS) is 1. The summed E-state index contributed by atoms with van der Waals surface area (Å²) in [5.41, 5.74) is -0.160. The average Bonchev–Trinajstić information content (AvgIpc) is 2.71. The van der Waals surface area contributed by atoms with Crippen LogP contribution in [0.1, 0.15) is 34.0 Å². The van der Waals surface area contributed by atoms with Crippen molar-refractivity contribution < 1.29 is 14.7 Å². The topological polar surface area (TPSA) is 79.3 Å². The number of carboxylic acids is 1. The van der Waals surface area contributed by atoms with Crippen molar-refractivity contribution in [3.05, 3.63) is 10.6 Å². The molecule has 0 aliphatic rings. The van der Waals surface area contributed by atoms with Crippen molar-refractivity contribution in [2.75, 3.05) is 23.9 Å². The quantitative estimate of drug-likeness (QED) is 0.750. The van der Waals surface area contributed by atoms with Gasteiger partial charge in [-0.15, -0.1) is 0 Å². The maximum atomic E-state index is 11.3. The zero-order valence-corrected chi connectivity index (χ0v) is 12.2. The van der Waals surface area contributed by atoms with Gasteiger partial charge in [-0.05, 0) is 17.9 Å². The second-order valence-corrected chi connectivity index (χ2v) is 5.91. The number of nitrogens with one attached hydrogen (secondary N) is 1. The van der Waals surface area contributed by atoms with E-state index < -0.39 is 5.97 Å². The van der Waals surface area contributed by atoms with Crippen molar-refractivity contribution in [1.29, 1.82) is 0 Å². The Balaban J connectivity index is 2.76. The van der Waals surface area contributed by atoms with Crippen LogP contribution in [0, 0.1) is 5.92 Å². The van der Waals surface area contributed by atoms with Crippen LogP contribution < -0.4 is 5.32 Å². The number of thioether (sulfide) groups is 1. The van der Waals surface area contributed by atoms with E-state index >= 15 is 0 Å². The summed E-state index contributed by atoms with van der Waals surface area (Å²) in [6, 6.07) is 0. The Bertz CT molecular complexity index is 414. The minimum absolute atomic E-state index is 0.160. The van der Waals surface area contributed by atoms with Crippen LogP contribution in [0.3, 0.4) is 0 Å². The van der Waals surface area contributed by atoms with E-state index in [2.05, 4.69) is 17.2 Å². The second-order valence-electron chi connectivity index (χ2n) is 4.00. The predicted octanol–water partition coefficient (Wildman–Crippen LogP) is 2.45. The third kappa shape index (κ3) is 3.99. The van der Waals surface area contributed by atoms with Gasteiger partial charge in [0.15, 0.2) is 16.6 Å². The number of aromatic nitrogens is 1. The van der Waals surface area contributed by atoms with Gasteiger partial charge in [-0.1, -0.05) is 18.3 Å². The van der Waals surface area contributed by atoms with Crippen LogP contribution in [0.4, 0.5) is 5.13 Å². The van der Waals surface area contributed by atoms with Crippen molar-refractivity contribution in [3.63, 3.8) is 0 Å². The molecule has 0 aromatic carbocycles. The molecule has 0 fully saturated rings. The first-order chi connectivity index (χ1) is 8.45.